The molecule has 0 saturated heterocycles. The fourth-order valence-electron chi connectivity index (χ4n) is 3.65. The van der Waals surface area contributed by atoms with Gasteiger partial charge in [0, 0.05) is 31.5 Å². The Hall–Kier alpha value is -3.13. The molecule has 3 heterocycles. The quantitative estimate of drug-likeness (QED) is 0.619. The fourth-order valence-corrected chi connectivity index (χ4v) is 3.65. The number of ether oxygens (including phenoxy) is 2. The molecule has 2 aromatic heterocycles. The lowest BCUT2D eigenvalue weighted by molar-refractivity contribution is -0.144. The van der Waals surface area contributed by atoms with Crippen LogP contribution in [0.15, 0.2) is 36.7 Å². The minimum atomic E-state index is -0.483. The van der Waals surface area contributed by atoms with Gasteiger partial charge in [-0.3, -0.25) is 9.59 Å². The molecule has 0 bridgehead atoms. The van der Waals surface area contributed by atoms with Crippen molar-refractivity contribution >= 4 is 18.0 Å². The Labute approximate surface area is 182 Å². The fraction of sp³-hybridized carbons (Fsp3) is 0.435. The summed E-state index contributed by atoms with van der Waals surface area (Å²) in [5.41, 5.74) is 2.22. The summed E-state index contributed by atoms with van der Waals surface area (Å²) in [6, 6.07) is 4.89. The highest BCUT2D eigenvalue weighted by atomic mass is 16.5. The molecule has 1 aliphatic rings. The Morgan fingerprint density at radius 1 is 1.35 bits per heavy atom. The van der Waals surface area contributed by atoms with Gasteiger partial charge >= 0.3 is 5.97 Å². The lowest BCUT2D eigenvalue weighted by atomic mass is 10.0. The maximum absolute atomic E-state index is 13.3. The van der Waals surface area contributed by atoms with E-state index >= 15 is 0 Å². The number of amides is 1. The lowest BCUT2D eigenvalue weighted by Gasteiger charge is -2.35. The molecule has 3 rings (SSSR count). The third-order valence-electron chi connectivity index (χ3n) is 5.16. The monoisotopic (exact) mass is 427 g/mol. The molecule has 0 fully saturated rings. The lowest BCUT2D eigenvalue weighted by Crippen LogP contribution is -2.43. The minimum absolute atomic E-state index is 0.0510. The van der Waals surface area contributed by atoms with Gasteiger partial charge in [-0.15, -0.1) is 0 Å². The molecule has 0 aliphatic carbocycles. The first kappa shape index (κ1) is 22.6. The van der Waals surface area contributed by atoms with E-state index in [0.29, 0.717) is 31.1 Å². The second-order valence-electron chi connectivity index (χ2n) is 7.50. The number of methoxy groups -OCH3 is 1. The molecule has 2 aromatic rings. The van der Waals surface area contributed by atoms with Crippen molar-refractivity contribution in [2.45, 2.75) is 45.4 Å². The van der Waals surface area contributed by atoms with Crippen LogP contribution in [0.5, 0.6) is 5.88 Å². The van der Waals surface area contributed by atoms with Crippen molar-refractivity contribution in [3.63, 3.8) is 0 Å². The van der Waals surface area contributed by atoms with Crippen LogP contribution in [-0.2, 0) is 16.1 Å². The van der Waals surface area contributed by atoms with Gasteiger partial charge in [0.1, 0.15) is 5.69 Å². The number of esters is 1. The van der Waals surface area contributed by atoms with Gasteiger partial charge < -0.3 is 24.0 Å². The number of aromatic nitrogens is 2. The average Bonchev–Trinajstić information content (AvgIpc) is 3.17. The van der Waals surface area contributed by atoms with E-state index in [-0.39, 0.29) is 24.9 Å². The van der Waals surface area contributed by atoms with Gasteiger partial charge in [0.15, 0.2) is 0 Å². The van der Waals surface area contributed by atoms with E-state index in [2.05, 4.69) is 4.98 Å². The van der Waals surface area contributed by atoms with E-state index in [1.54, 1.807) is 31.0 Å². The van der Waals surface area contributed by atoms with Crippen LogP contribution in [0, 0.1) is 0 Å². The third kappa shape index (κ3) is 5.52. The molecule has 0 saturated carbocycles. The predicted octanol–water partition coefficient (Wildman–Crippen LogP) is 2.83. The number of aliphatic hydroxyl groups is 1. The zero-order chi connectivity index (χ0) is 22.4. The highest BCUT2D eigenvalue weighted by molar-refractivity contribution is 5.94. The summed E-state index contributed by atoms with van der Waals surface area (Å²) in [6.45, 7) is 4.86. The highest BCUT2D eigenvalue weighted by Crippen LogP contribution is 2.30. The van der Waals surface area contributed by atoms with E-state index in [0.717, 1.165) is 11.1 Å². The van der Waals surface area contributed by atoms with Gasteiger partial charge in [-0.05, 0) is 37.5 Å². The molecule has 1 unspecified atom stereocenters. The molecule has 1 aliphatic heterocycles. The Balaban J connectivity index is 1.86. The van der Waals surface area contributed by atoms with Crippen LogP contribution >= 0.6 is 0 Å². The molecule has 2 atom stereocenters. The zero-order valence-electron chi connectivity index (χ0n) is 18.2. The summed E-state index contributed by atoms with van der Waals surface area (Å²) >= 11 is 0. The number of aliphatic hydroxyl groups excluding tert-OH is 1. The standard InChI is InChI=1S/C23H29N3O5/c1-4-31-22(28)13-19(18-8-9-21(30-3)24-14-18)26-11-10-25-15-17(7-5-6-16(2)27)12-20(25)23(26)29/h5,7-9,12,14-16,19,27H,4,6,10-11,13H2,1-3H3/b7-5+/t16?,19-/m0/s1. The number of carbonyl (C=O) groups is 2. The van der Waals surface area contributed by atoms with Gasteiger partial charge in [0.2, 0.25) is 5.88 Å². The molecule has 31 heavy (non-hydrogen) atoms. The van der Waals surface area contributed by atoms with Crippen LogP contribution in [0.3, 0.4) is 0 Å². The van der Waals surface area contributed by atoms with Crippen molar-refractivity contribution < 1.29 is 24.2 Å². The maximum atomic E-state index is 13.3. The first-order chi connectivity index (χ1) is 14.9. The van der Waals surface area contributed by atoms with Crippen LogP contribution in [-0.4, -0.2) is 57.8 Å². The molecule has 0 radical (unpaired) electrons. The summed E-state index contributed by atoms with van der Waals surface area (Å²) < 4.78 is 12.2. The molecule has 0 aromatic carbocycles. The van der Waals surface area contributed by atoms with Crippen molar-refractivity contribution in [3.05, 3.63) is 53.5 Å². The third-order valence-corrected chi connectivity index (χ3v) is 5.16. The van der Waals surface area contributed by atoms with Gasteiger partial charge in [-0.1, -0.05) is 18.2 Å². The van der Waals surface area contributed by atoms with Gasteiger partial charge in [-0.25, -0.2) is 4.98 Å². The first-order valence-corrected chi connectivity index (χ1v) is 10.4. The number of pyridine rings is 1. The van der Waals surface area contributed by atoms with Crippen molar-refractivity contribution in [2.24, 2.45) is 0 Å². The van der Waals surface area contributed by atoms with Crippen molar-refractivity contribution in [1.82, 2.24) is 14.5 Å². The van der Waals surface area contributed by atoms with E-state index < -0.39 is 12.1 Å². The largest absolute Gasteiger partial charge is 0.481 e. The number of nitrogens with zero attached hydrogens (tertiary/aromatic N) is 3. The number of hydrogen-bond acceptors (Lipinski definition) is 6. The predicted molar refractivity (Wildman–Crippen MR) is 116 cm³/mol. The molecular formula is C23H29N3O5. The summed E-state index contributed by atoms with van der Waals surface area (Å²) in [5.74, 6) is -0.0449. The van der Waals surface area contributed by atoms with E-state index in [1.165, 1.54) is 7.11 Å². The second kappa shape index (κ2) is 10.3. The Morgan fingerprint density at radius 2 is 2.16 bits per heavy atom. The van der Waals surface area contributed by atoms with Gasteiger partial charge in [0.05, 0.1) is 32.3 Å². The van der Waals surface area contributed by atoms with Crippen LogP contribution in [0.25, 0.3) is 6.08 Å². The Bertz CT molecular complexity index is 933. The van der Waals surface area contributed by atoms with Crippen LogP contribution in [0.2, 0.25) is 0 Å². The average molecular weight is 428 g/mol. The molecule has 1 N–H and O–H groups in total. The number of carbonyl (C=O) groups excluding carboxylic acids is 2. The topological polar surface area (TPSA) is 93.9 Å². The molecule has 0 spiro atoms. The van der Waals surface area contributed by atoms with E-state index in [4.69, 9.17) is 9.47 Å². The molecule has 166 valence electrons. The summed E-state index contributed by atoms with van der Waals surface area (Å²) in [5, 5.41) is 9.41. The number of rotatable bonds is 9. The summed E-state index contributed by atoms with van der Waals surface area (Å²) in [4.78, 5) is 31.6. The number of fused-ring (bicyclic) bond motifs is 1. The van der Waals surface area contributed by atoms with Crippen LogP contribution in [0.4, 0.5) is 0 Å². The smallest absolute Gasteiger partial charge is 0.308 e. The highest BCUT2D eigenvalue weighted by Gasteiger charge is 2.33. The summed E-state index contributed by atoms with van der Waals surface area (Å²) in [7, 11) is 1.54. The number of hydrogen-bond donors (Lipinski definition) is 1. The normalized spacial score (nSPS) is 15.6. The van der Waals surface area contributed by atoms with Crippen LogP contribution in [0.1, 0.15) is 54.3 Å². The molecule has 8 nitrogen and oxygen atoms in total. The Morgan fingerprint density at radius 3 is 2.81 bits per heavy atom. The van der Waals surface area contributed by atoms with Gasteiger partial charge in [0.25, 0.3) is 5.91 Å². The second-order valence-corrected chi connectivity index (χ2v) is 7.50. The molecule has 8 heteroatoms. The van der Waals surface area contributed by atoms with Crippen LogP contribution < -0.4 is 4.74 Å². The van der Waals surface area contributed by atoms with E-state index in [1.807, 2.05) is 35.0 Å². The summed E-state index contributed by atoms with van der Waals surface area (Å²) in [6.07, 6.45) is 7.54. The van der Waals surface area contributed by atoms with Crippen molar-refractivity contribution in [2.75, 3.05) is 20.3 Å². The minimum Gasteiger partial charge on any atom is -0.481 e. The molecule has 1 amide bonds. The van der Waals surface area contributed by atoms with Crippen molar-refractivity contribution in [3.8, 4) is 5.88 Å². The zero-order valence-corrected chi connectivity index (χ0v) is 18.2. The van der Waals surface area contributed by atoms with Gasteiger partial charge in [-0.2, -0.15) is 0 Å². The van der Waals surface area contributed by atoms with E-state index in [9.17, 15) is 14.7 Å². The Kier molecular flexibility index (Phi) is 7.46. The van der Waals surface area contributed by atoms with Crippen molar-refractivity contribution in [1.29, 1.82) is 0 Å². The first-order valence-electron chi connectivity index (χ1n) is 10.4. The maximum Gasteiger partial charge on any atom is 0.308 e. The SMILES string of the molecule is CCOC(=O)C[C@@H](c1ccc(OC)nc1)N1CCn2cc(/C=C/CC(C)O)cc2C1=O. The molecular weight excluding hydrogens is 398 g/mol.